The third-order valence-electron chi connectivity index (χ3n) is 2.10. The molecule has 15 heavy (non-hydrogen) atoms. The Kier molecular flexibility index (Phi) is 3.15. The molecule has 1 aliphatic heterocycles. The van der Waals surface area contributed by atoms with E-state index >= 15 is 0 Å². The van der Waals surface area contributed by atoms with Gasteiger partial charge in [-0.3, -0.25) is 4.99 Å². The molecule has 0 bridgehead atoms. The Balaban J connectivity index is 1.86. The summed E-state index contributed by atoms with van der Waals surface area (Å²) in [5.74, 6) is 0.820. The maximum absolute atomic E-state index is 5.38. The van der Waals surface area contributed by atoms with Gasteiger partial charge in [-0.2, -0.15) is 0 Å². The van der Waals surface area contributed by atoms with Crippen molar-refractivity contribution in [2.75, 3.05) is 13.3 Å². The number of ether oxygens (including phenoxy) is 2. The van der Waals surface area contributed by atoms with Crippen molar-refractivity contribution >= 4 is 6.21 Å². The van der Waals surface area contributed by atoms with Gasteiger partial charge in [0.25, 0.3) is 0 Å². The highest BCUT2D eigenvalue weighted by atomic mass is 16.6. The number of nitrogens with zero attached hydrogens (tertiary/aromatic N) is 1. The number of epoxide rings is 1. The fraction of sp³-hybridized carbons (Fsp3) is 0.250. The first-order chi connectivity index (χ1) is 7.40. The van der Waals surface area contributed by atoms with Gasteiger partial charge in [-0.05, 0) is 17.7 Å². The molecule has 0 amide bonds. The molecule has 1 fully saturated rings. The van der Waals surface area contributed by atoms with E-state index in [1.54, 1.807) is 12.3 Å². The normalized spacial score (nSPS) is 19.1. The third-order valence-corrected chi connectivity index (χ3v) is 2.10. The maximum atomic E-state index is 5.38. The molecule has 1 aromatic rings. The molecule has 1 saturated heterocycles. The minimum absolute atomic E-state index is 0.304. The van der Waals surface area contributed by atoms with E-state index in [1.807, 2.05) is 24.3 Å². The predicted molar refractivity (Wildman–Crippen MR) is 59.3 cm³/mol. The van der Waals surface area contributed by atoms with Crippen LogP contribution in [-0.4, -0.2) is 19.6 Å². The first-order valence-corrected chi connectivity index (χ1v) is 4.85. The van der Waals surface area contributed by atoms with Crippen LogP contribution in [0.2, 0.25) is 0 Å². The van der Waals surface area contributed by atoms with E-state index < -0.39 is 0 Å². The molecule has 1 unspecified atom stereocenters. The molecule has 1 aromatic carbocycles. The van der Waals surface area contributed by atoms with Crippen LogP contribution in [-0.2, 0) is 4.74 Å². The highest BCUT2D eigenvalue weighted by molar-refractivity contribution is 5.69. The molecule has 0 aromatic heterocycles. The summed E-state index contributed by atoms with van der Waals surface area (Å²) < 4.78 is 10.5. The van der Waals surface area contributed by atoms with Crippen LogP contribution >= 0.6 is 0 Å². The van der Waals surface area contributed by atoms with Crippen LogP contribution in [0.5, 0.6) is 5.75 Å². The van der Waals surface area contributed by atoms with Gasteiger partial charge in [0.05, 0.1) is 6.61 Å². The van der Waals surface area contributed by atoms with Gasteiger partial charge in [0, 0.05) is 6.21 Å². The smallest absolute Gasteiger partial charge is 0.179 e. The van der Waals surface area contributed by atoms with Gasteiger partial charge >= 0.3 is 0 Å². The number of aliphatic imine (C=N–C) groups is 1. The van der Waals surface area contributed by atoms with Crippen LogP contribution < -0.4 is 4.74 Å². The Morgan fingerprint density at radius 3 is 2.80 bits per heavy atom. The van der Waals surface area contributed by atoms with Crippen molar-refractivity contribution in [3.05, 3.63) is 42.5 Å². The van der Waals surface area contributed by atoms with Gasteiger partial charge in [0.15, 0.2) is 6.73 Å². The van der Waals surface area contributed by atoms with Crippen molar-refractivity contribution in [2.24, 2.45) is 4.99 Å². The standard InChI is InChI=1S/C12H13NO2/c1-2-7-13-9-15-11-5-3-10(4-6-11)12-8-14-12/h2-7,12H,1,8-9H2. The molecule has 0 aliphatic carbocycles. The summed E-state index contributed by atoms with van der Waals surface area (Å²) in [6.07, 6.45) is 3.54. The van der Waals surface area contributed by atoms with E-state index in [9.17, 15) is 0 Å². The molecule has 1 heterocycles. The molecule has 1 atom stereocenters. The lowest BCUT2D eigenvalue weighted by Gasteiger charge is -2.02. The zero-order valence-electron chi connectivity index (χ0n) is 8.43. The lowest BCUT2D eigenvalue weighted by atomic mass is 10.2. The highest BCUT2D eigenvalue weighted by Gasteiger charge is 2.24. The Hall–Kier alpha value is -1.61. The summed E-state index contributed by atoms with van der Waals surface area (Å²) in [6, 6.07) is 7.90. The van der Waals surface area contributed by atoms with E-state index in [-0.39, 0.29) is 0 Å². The van der Waals surface area contributed by atoms with Crippen LogP contribution in [0.15, 0.2) is 41.9 Å². The highest BCUT2D eigenvalue weighted by Crippen LogP contribution is 2.30. The SMILES string of the molecule is C=CC=NCOc1ccc(C2CO2)cc1. The van der Waals surface area contributed by atoms with Crippen molar-refractivity contribution in [1.29, 1.82) is 0 Å². The van der Waals surface area contributed by atoms with Crippen molar-refractivity contribution in [3.63, 3.8) is 0 Å². The summed E-state index contributed by atoms with van der Waals surface area (Å²) in [7, 11) is 0. The average Bonchev–Trinajstić information content (AvgIpc) is 3.09. The Bertz CT molecular complexity index is 352. The van der Waals surface area contributed by atoms with Crippen molar-refractivity contribution in [2.45, 2.75) is 6.10 Å². The number of hydrogen-bond acceptors (Lipinski definition) is 3. The van der Waals surface area contributed by atoms with Crippen molar-refractivity contribution < 1.29 is 9.47 Å². The van der Waals surface area contributed by atoms with Gasteiger partial charge in [-0.25, -0.2) is 0 Å². The summed E-state index contributed by atoms with van der Waals surface area (Å²) in [5.41, 5.74) is 1.21. The second kappa shape index (κ2) is 4.75. The summed E-state index contributed by atoms with van der Waals surface area (Å²) >= 11 is 0. The molecule has 0 spiro atoms. The largest absolute Gasteiger partial charge is 0.471 e. The van der Waals surface area contributed by atoms with Crippen LogP contribution in [0.4, 0.5) is 0 Å². The first kappa shape index (κ1) is 9.93. The lowest BCUT2D eigenvalue weighted by molar-refractivity contribution is 0.332. The molecule has 0 saturated carbocycles. The number of rotatable bonds is 5. The van der Waals surface area contributed by atoms with Gasteiger partial charge in [0.1, 0.15) is 11.9 Å². The second-order valence-electron chi connectivity index (χ2n) is 3.23. The minimum atomic E-state index is 0.304. The maximum Gasteiger partial charge on any atom is 0.179 e. The summed E-state index contributed by atoms with van der Waals surface area (Å²) in [5, 5.41) is 0. The van der Waals surface area contributed by atoms with Gasteiger partial charge in [-0.15, -0.1) is 0 Å². The number of allylic oxidation sites excluding steroid dienone is 1. The van der Waals surface area contributed by atoms with Crippen molar-refractivity contribution in [1.82, 2.24) is 0 Å². The van der Waals surface area contributed by atoms with E-state index in [0.717, 1.165) is 12.4 Å². The third kappa shape index (κ3) is 2.92. The molecule has 78 valence electrons. The first-order valence-electron chi connectivity index (χ1n) is 4.85. The van der Waals surface area contributed by atoms with Crippen LogP contribution in [0.25, 0.3) is 0 Å². The monoisotopic (exact) mass is 203 g/mol. The quantitative estimate of drug-likeness (QED) is 0.543. The van der Waals surface area contributed by atoms with E-state index in [1.165, 1.54) is 5.56 Å². The van der Waals surface area contributed by atoms with E-state index in [2.05, 4.69) is 11.6 Å². The number of hydrogen-bond donors (Lipinski definition) is 0. The van der Waals surface area contributed by atoms with E-state index in [4.69, 9.17) is 9.47 Å². The minimum Gasteiger partial charge on any atom is -0.471 e. The molecular formula is C12H13NO2. The molecule has 1 aliphatic rings. The lowest BCUT2D eigenvalue weighted by Crippen LogP contribution is -1.93. The zero-order valence-corrected chi connectivity index (χ0v) is 8.43. The van der Waals surface area contributed by atoms with Crippen LogP contribution in [0.3, 0.4) is 0 Å². The fourth-order valence-corrected chi connectivity index (χ4v) is 1.25. The summed E-state index contributed by atoms with van der Waals surface area (Å²) in [4.78, 5) is 3.97. The molecule has 0 radical (unpaired) electrons. The molecule has 2 rings (SSSR count). The molecule has 0 N–H and O–H groups in total. The molecule has 3 nitrogen and oxygen atoms in total. The van der Waals surface area contributed by atoms with Gasteiger partial charge in [-0.1, -0.05) is 24.8 Å². The topological polar surface area (TPSA) is 34.1 Å². The van der Waals surface area contributed by atoms with E-state index in [0.29, 0.717) is 12.8 Å². The zero-order chi connectivity index (χ0) is 10.5. The average molecular weight is 203 g/mol. The number of benzene rings is 1. The molecule has 3 heteroatoms. The van der Waals surface area contributed by atoms with Crippen LogP contribution in [0, 0.1) is 0 Å². The Morgan fingerprint density at radius 1 is 1.47 bits per heavy atom. The Morgan fingerprint density at radius 2 is 2.20 bits per heavy atom. The van der Waals surface area contributed by atoms with Crippen LogP contribution in [0.1, 0.15) is 11.7 Å². The summed E-state index contributed by atoms with van der Waals surface area (Å²) in [6.45, 7) is 4.69. The Labute approximate surface area is 89.0 Å². The van der Waals surface area contributed by atoms with Gasteiger partial charge < -0.3 is 9.47 Å². The fourth-order valence-electron chi connectivity index (χ4n) is 1.25. The molecular weight excluding hydrogens is 190 g/mol. The predicted octanol–water partition coefficient (Wildman–Crippen LogP) is 2.35. The second-order valence-corrected chi connectivity index (χ2v) is 3.23. The van der Waals surface area contributed by atoms with Crippen molar-refractivity contribution in [3.8, 4) is 5.75 Å². The van der Waals surface area contributed by atoms with Gasteiger partial charge in [0.2, 0.25) is 0 Å².